The summed E-state index contributed by atoms with van der Waals surface area (Å²) in [6.07, 6.45) is 5.38. The number of fused-ring (bicyclic) bond motifs is 1. The van der Waals surface area contributed by atoms with Gasteiger partial charge in [-0.2, -0.15) is 0 Å². The van der Waals surface area contributed by atoms with E-state index >= 15 is 0 Å². The summed E-state index contributed by atoms with van der Waals surface area (Å²) in [6, 6.07) is 13.0. The first-order valence-electron chi connectivity index (χ1n) is 10.5. The Bertz CT molecular complexity index is 1290. The Balaban J connectivity index is 1.38. The summed E-state index contributed by atoms with van der Waals surface area (Å²) >= 11 is 0. The van der Waals surface area contributed by atoms with Crippen LogP contribution in [0, 0.1) is 5.82 Å². The van der Waals surface area contributed by atoms with Gasteiger partial charge in [0.1, 0.15) is 29.4 Å². The summed E-state index contributed by atoms with van der Waals surface area (Å²) in [5, 5.41) is 13.9. The number of aromatic hydroxyl groups is 1. The lowest BCUT2D eigenvalue weighted by molar-refractivity contribution is 0.102. The number of carbonyl (C=O) groups excluding carboxylic acids is 1. The number of aromatic amines is 1. The summed E-state index contributed by atoms with van der Waals surface area (Å²) in [4.78, 5) is 26.7. The second kappa shape index (κ2) is 8.30. The van der Waals surface area contributed by atoms with E-state index in [0.717, 1.165) is 48.3 Å². The van der Waals surface area contributed by atoms with Gasteiger partial charge in [0, 0.05) is 25.2 Å². The molecule has 1 saturated heterocycles. The Kier molecular flexibility index (Phi) is 5.18. The molecule has 1 amide bonds. The minimum Gasteiger partial charge on any atom is -0.506 e. The van der Waals surface area contributed by atoms with Crippen LogP contribution < -0.4 is 10.2 Å². The van der Waals surface area contributed by atoms with Gasteiger partial charge < -0.3 is 20.3 Å². The van der Waals surface area contributed by atoms with Crippen LogP contribution in [-0.4, -0.2) is 39.1 Å². The van der Waals surface area contributed by atoms with Gasteiger partial charge in [0.2, 0.25) is 0 Å². The van der Waals surface area contributed by atoms with Gasteiger partial charge in [-0.05, 0) is 48.7 Å². The molecule has 0 bridgehead atoms. The van der Waals surface area contributed by atoms with E-state index in [1.165, 1.54) is 18.2 Å². The molecule has 3 N–H and O–H groups in total. The Labute approximate surface area is 183 Å². The zero-order chi connectivity index (χ0) is 22.1. The van der Waals surface area contributed by atoms with E-state index in [-0.39, 0.29) is 22.9 Å². The maximum absolute atomic E-state index is 14.0. The van der Waals surface area contributed by atoms with Gasteiger partial charge >= 0.3 is 0 Å². The number of phenols is 1. The summed E-state index contributed by atoms with van der Waals surface area (Å²) in [5.74, 6) is -0.178. The average Bonchev–Trinajstić information content (AvgIpc) is 3.30. The molecule has 0 aliphatic carbocycles. The molecule has 0 saturated carbocycles. The predicted octanol–water partition coefficient (Wildman–Crippen LogP) is 4.44. The van der Waals surface area contributed by atoms with E-state index < -0.39 is 11.7 Å². The van der Waals surface area contributed by atoms with E-state index in [1.54, 1.807) is 24.5 Å². The quantitative estimate of drug-likeness (QED) is 0.416. The van der Waals surface area contributed by atoms with Gasteiger partial charge in [-0.1, -0.05) is 18.2 Å². The van der Waals surface area contributed by atoms with Gasteiger partial charge in [0.25, 0.3) is 5.91 Å². The van der Waals surface area contributed by atoms with E-state index in [0.29, 0.717) is 0 Å². The number of hydrogen-bond acceptors (Lipinski definition) is 5. The van der Waals surface area contributed by atoms with Crippen molar-refractivity contribution in [1.29, 1.82) is 0 Å². The molecule has 0 spiro atoms. The molecular weight excluding hydrogens is 409 g/mol. The molecule has 1 atom stereocenters. The van der Waals surface area contributed by atoms with Crippen LogP contribution in [0.25, 0.3) is 11.0 Å². The zero-order valence-electron chi connectivity index (χ0n) is 17.3. The number of phenolic OH excluding ortho intramolecular Hbond substituents is 1. The second-order valence-corrected chi connectivity index (χ2v) is 7.93. The van der Waals surface area contributed by atoms with Crippen LogP contribution in [0.5, 0.6) is 5.75 Å². The molecule has 0 radical (unpaired) electrons. The predicted molar refractivity (Wildman–Crippen MR) is 121 cm³/mol. The monoisotopic (exact) mass is 431 g/mol. The van der Waals surface area contributed by atoms with Crippen LogP contribution in [0.2, 0.25) is 0 Å². The Hall–Kier alpha value is -3.94. The molecule has 5 rings (SSSR count). The maximum Gasteiger partial charge on any atom is 0.258 e. The number of H-pyrrole nitrogens is 1. The van der Waals surface area contributed by atoms with Crippen molar-refractivity contribution in [3.63, 3.8) is 0 Å². The number of aromatic nitrogens is 3. The lowest BCUT2D eigenvalue weighted by atomic mass is 9.90. The third-order valence-corrected chi connectivity index (χ3v) is 5.91. The standard InChI is InChI=1S/C24H22FN5O2/c25-19-6-2-1-5-17(19)24(32)29-20-12-15(7-8-21(20)31)16-4-3-11-30(13-16)23-18-9-10-26-22(18)27-14-28-23/h1-2,5-10,12,14,16,31H,3-4,11,13H2,(H,29,32)(H,26,27,28). The molecule has 32 heavy (non-hydrogen) atoms. The van der Waals surface area contributed by atoms with Crippen LogP contribution in [0.4, 0.5) is 15.9 Å². The molecule has 1 aliphatic heterocycles. The third-order valence-electron chi connectivity index (χ3n) is 5.91. The van der Waals surface area contributed by atoms with Crippen molar-refractivity contribution in [2.75, 3.05) is 23.3 Å². The number of halogens is 1. The smallest absolute Gasteiger partial charge is 0.258 e. The van der Waals surface area contributed by atoms with Crippen LogP contribution >= 0.6 is 0 Å². The minimum atomic E-state index is -0.607. The Morgan fingerprint density at radius 2 is 2.06 bits per heavy atom. The molecule has 4 aromatic rings. The number of nitrogens with one attached hydrogen (secondary N) is 2. The Morgan fingerprint density at radius 3 is 2.94 bits per heavy atom. The average molecular weight is 431 g/mol. The molecule has 162 valence electrons. The van der Waals surface area contributed by atoms with E-state index in [9.17, 15) is 14.3 Å². The van der Waals surface area contributed by atoms with Crippen molar-refractivity contribution < 1.29 is 14.3 Å². The number of carbonyl (C=O) groups is 1. The summed E-state index contributed by atoms with van der Waals surface area (Å²) in [7, 11) is 0. The Morgan fingerprint density at radius 1 is 1.19 bits per heavy atom. The summed E-state index contributed by atoms with van der Waals surface area (Å²) in [6.45, 7) is 1.64. The number of nitrogens with zero attached hydrogens (tertiary/aromatic N) is 3. The largest absolute Gasteiger partial charge is 0.506 e. The first-order chi connectivity index (χ1) is 15.6. The fourth-order valence-electron chi connectivity index (χ4n) is 4.30. The van der Waals surface area contributed by atoms with Gasteiger partial charge in [0.05, 0.1) is 16.6 Å². The first-order valence-corrected chi connectivity index (χ1v) is 10.5. The third kappa shape index (κ3) is 3.75. The highest BCUT2D eigenvalue weighted by molar-refractivity contribution is 6.05. The second-order valence-electron chi connectivity index (χ2n) is 7.93. The van der Waals surface area contributed by atoms with E-state index in [1.807, 2.05) is 18.3 Å². The van der Waals surface area contributed by atoms with E-state index in [2.05, 4.69) is 25.2 Å². The number of hydrogen-bond donors (Lipinski definition) is 3. The topological polar surface area (TPSA) is 94.1 Å². The number of anilines is 2. The molecule has 2 aromatic heterocycles. The molecule has 8 heteroatoms. The van der Waals surface area contributed by atoms with E-state index in [4.69, 9.17) is 0 Å². The molecule has 2 aromatic carbocycles. The van der Waals surface area contributed by atoms with Gasteiger partial charge in [-0.15, -0.1) is 0 Å². The minimum absolute atomic E-state index is 0.0593. The molecule has 1 aliphatic rings. The fraction of sp³-hybridized carbons (Fsp3) is 0.208. The van der Waals surface area contributed by atoms with Crippen molar-refractivity contribution in [3.05, 3.63) is 78.0 Å². The number of piperidine rings is 1. The highest BCUT2D eigenvalue weighted by Crippen LogP contribution is 2.35. The van der Waals surface area contributed by atoms with Crippen molar-refractivity contribution in [2.45, 2.75) is 18.8 Å². The molecule has 1 fully saturated rings. The first kappa shape index (κ1) is 20.0. The van der Waals surface area contributed by atoms with Gasteiger partial charge in [-0.25, -0.2) is 14.4 Å². The highest BCUT2D eigenvalue weighted by Gasteiger charge is 2.25. The summed E-state index contributed by atoms with van der Waals surface area (Å²) < 4.78 is 14.0. The van der Waals surface area contributed by atoms with Crippen LogP contribution in [0.3, 0.4) is 0 Å². The molecule has 3 heterocycles. The SMILES string of the molecule is O=C(Nc1cc(C2CCCN(c3ncnc4[nH]ccc34)C2)ccc1O)c1ccccc1F. The van der Waals surface area contributed by atoms with Gasteiger partial charge in [-0.3, -0.25) is 4.79 Å². The number of amides is 1. The van der Waals surface area contributed by atoms with Crippen molar-refractivity contribution in [1.82, 2.24) is 15.0 Å². The van der Waals surface area contributed by atoms with Gasteiger partial charge in [0.15, 0.2) is 0 Å². The van der Waals surface area contributed by atoms with Crippen molar-refractivity contribution in [2.24, 2.45) is 0 Å². The molecule has 7 nitrogen and oxygen atoms in total. The fourth-order valence-corrected chi connectivity index (χ4v) is 4.30. The van der Waals surface area contributed by atoms with Crippen LogP contribution in [0.1, 0.15) is 34.7 Å². The van der Waals surface area contributed by atoms with Crippen molar-refractivity contribution in [3.8, 4) is 5.75 Å². The zero-order valence-corrected chi connectivity index (χ0v) is 17.3. The van der Waals surface area contributed by atoms with Crippen molar-refractivity contribution >= 4 is 28.4 Å². The van der Waals surface area contributed by atoms with Crippen LogP contribution in [0.15, 0.2) is 61.1 Å². The highest BCUT2D eigenvalue weighted by atomic mass is 19.1. The number of rotatable bonds is 4. The lowest BCUT2D eigenvalue weighted by Crippen LogP contribution is -2.35. The normalized spacial score (nSPS) is 16.3. The van der Waals surface area contributed by atoms with Crippen LogP contribution in [-0.2, 0) is 0 Å². The lowest BCUT2D eigenvalue weighted by Gasteiger charge is -2.34. The maximum atomic E-state index is 14.0. The summed E-state index contributed by atoms with van der Waals surface area (Å²) in [5.41, 5.74) is 2.00. The number of benzene rings is 2. The molecular formula is C24H22FN5O2. The molecule has 1 unspecified atom stereocenters.